The maximum absolute atomic E-state index is 9.95. The van der Waals surface area contributed by atoms with Crippen LogP contribution in [0.3, 0.4) is 0 Å². The molecule has 0 unspecified atom stereocenters. The van der Waals surface area contributed by atoms with E-state index in [1.807, 2.05) is 0 Å². The van der Waals surface area contributed by atoms with E-state index in [4.69, 9.17) is 2.82 Å². The van der Waals surface area contributed by atoms with Crippen molar-refractivity contribution >= 4 is 33.0 Å². The zero-order valence-electron chi connectivity index (χ0n) is 3.16. The quantitative estimate of drug-likeness (QED) is 0.442. The molecule has 0 heterocycles. The Labute approximate surface area is 35.1 Å². The second-order valence-electron chi connectivity index (χ2n) is 1.77. The van der Waals surface area contributed by atoms with Crippen LogP contribution in [0.5, 0.6) is 0 Å². The Morgan fingerprint density at radius 2 is 0.571 bits per heavy atom. The summed E-state index contributed by atoms with van der Waals surface area (Å²) < 4.78 is 52.2. The third kappa shape index (κ3) is 1460. The van der Waals surface area contributed by atoms with E-state index in [9.17, 15) is 0 Å². The van der Waals surface area contributed by atoms with Gasteiger partial charge in [0.15, 0.2) is 0 Å². The zero-order valence-corrected chi connectivity index (χ0v) is 6.63. The Morgan fingerprint density at radius 3 is 0.571 bits per heavy atom. The van der Waals surface area contributed by atoms with Crippen molar-refractivity contribution in [1.82, 2.24) is 0 Å². The van der Waals surface area contributed by atoms with Gasteiger partial charge in [-0.2, -0.15) is 0 Å². The predicted octanol–water partition coefficient (Wildman–Crippen LogP) is -1.09. The fourth-order valence-corrected chi connectivity index (χ4v) is 0. The Morgan fingerprint density at radius 1 is 0.571 bits per heavy atom. The van der Waals surface area contributed by atoms with Crippen LogP contribution in [-0.2, 0) is 2.82 Å². The van der Waals surface area contributed by atoms with Crippen molar-refractivity contribution in [3.63, 3.8) is 0 Å². The van der Waals surface area contributed by atoms with E-state index in [1.165, 1.54) is 0 Å². The standard InChI is InChI=1S/6O.Sr. The monoisotopic (exact) mass is 184 g/mol. The van der Waals surface area contributed by atoms with E-state index >= 15 is 0 Å². The van der Waals surface area contributed by atoms with Crippen LogP contribution in [-0.4, -0.2) is 33.0 Å². The second-order valence-corrected chi connectivity index (χ2v) is 10.5. The zero-order chi connectivity index (χ0) is 6.41. The van der Waals surface area contributed by atoms with E-state index < -0.39 is 33.0 Å². The maximum atomic E-state index is 8.70. The molecule has 0 N–H and O–H groups in total. The number of hydrogen-bond donors (Lipinski definition) is 0. The van der Waals surface area contributed by atoms with Gasteiger partial charge in [-0.25, -0.2) is 0 Å². The van der Waals surface area contributed by atoms with Gasteiger partial charge in [0.2, 0.25) is 0 Å². The molecule has 7 heteroatoms. The molecule has 38 valence electrons. The molecule has 0 aromatic heterocycles. The van der Waals surface area contributed by atoms with Crippen LogP contribution in [0.1, 0.15) is 0 Å². The topological polar surface area (TPSA) is 102 Å². The van der Waals surface area contributed by atoms with Crippen LogP contribution in [0.25, 0.3) is 0 Å². The molecule has 0 aliphatic rings. The minimum absolute atomic E-state index is 8.70. The summed E-state index contributed by atoms with van der Waals surface area (Å²) in [6.07, 6.45) is 0. The Kier molecular flexibility index (Phi) is 0.780. The van der Waals surface area contributed by atoms with Gasteiger partial charge in [-0.3, -0.25) is 0 Å². The summed E-state index contributed by atoms with van der Waals surface area (Å²) in [6.45, 7) is 0. The van der Waals surface area contributed by atoms with E-state index in [0.29, 0.717) is 0 Å². The molecule has 0 atom stereocenters. The van der Waals surface area contributed by atoms with Gasteiger partial charge in [-0.05, 0) is 0 Å². The Bertz CT molecular complexity index is 432. The molecular formula is O6Sr. The molecule has 7 heavy (non-hydrogen) atoms. The summed E-state index contributed by atoms with van der Waals surface area (Å²) in [5.74, 6) is 0. The molecule has 6 nitrogen and oxygen atoms in total. The van der Waals surface area contributed by atoms with Gasteiger partial charge in [0, 0.05) is 0 Å². The molecule has 0 aliphatic carbocycles. The van der Waals surface area contributed by atoms with Gasteiger partial charge in [0.25, 0.3) is 0 Å². The normalized spacial score (nSPS) is 22.3. The van der Waals surface area contributed by atoms with Gasteiger partial charge in [-0.1, -0.05) is 0 Å². The molecule has 0 aromatic rings. The number of rotatable bonds is 0. The second kappa shape index (κ2) is 0.750. The molecule has 0 amide bonds. The van der Waals surface area contributed by atoms with E-state index in [0.717, 1.165) is 0 Å². The first kappa shape index (κ1) is 7.28. The van der Waals surface area contributed by atoms with Gasteiger partial charge < -0.3 is 0 Å². The van der Waals surface area contributed by atoms with Crippen LogP contribution >= 0.6 is 0 Å². The molecule has 0 aromatic carbocycles. The minimum atomic E-state index is -9.95. The van der Waals surface area contributed by atoms with Crippen molar-refractivity contribution in [2.45, 2.75) is 0 Å². The van der Waals surface area contributed by atoms with Crippen LogP contribution in [0, 0.1) is 0 Å². The van der Waals surface area contributed by atoms with Crippen molar-refractivity contribution in [3.8, 4) is 0 Å². The summed E-state index contributed by atoms with van der Waals surface area (Å²) in [5.41, 5.74) is 0. The molecule has 0 radical (unpaired) electrons. The SMILES string of the molecule is [O]=[Sr](=[O])(=[O])(=[O])(=[O])=[O]. The van der Waals surface area contributed by atoms with Crippen LogP contribution in [0.4, 0.5) is 0 Å². The molecule has 0 saturated carbocycles. The van der Waals surface area contributed by atoms with Crippen LogP contribution < -0.4 is 0 Å². The van der Waals surface area contributed by atoms with Crippen molar-refractivity contribution in [1.29, 1.82) is 0 Å². The van der Waals surface area contributed by atoms with Gasteiger partial charge in [-0.15, -0.1) is 0 Å². The molecular weight excluding hydrogens is 184 g/mol. The molecule has 0 aliphatic heterocycles. The van der Waals surface area contributed by atoms with E-state index in [1.54, 1.807) is 0 Å². The van der Waals surface area contributed by atoms with Gasteiger partial charge >= 0.3 is 35.8 Å². The van der Waals surface area contributed by atoms with Crippen LogP contribution in [0.15, 0.2) is 0 Å². The third-order valence-electron chi connectivity index (χ3n) is 0. The summed E-state index contributed by atoms with van der Waals surface area (Å²) in [4.78, 5) is 0. The van der Waals surface area contributed by atoms with Crippen molar-refractivity contribution < 1.29 is 2.82 Å². The first-order valence-electron chi connectivity index (χ1n) is 1.73. The van der Waals surface area contributed by atoms with Crippen molar-refractivity contribution in [3.05, 3.63) is 0 Å². The molecule has 0 fully saturated rings. The van der Waals surface area contributed by atoms with Gasteiger partial charge in [0.05, 0.1) is 0 Å². The van der Waals surface area contributed by atoms with E-state index in [-0.39, 0.29) is 0 Å². The van der Waals surface area contributed by atoms with Gasteiger partial charge in [0.1, 0.15) is 0 Å². The molecule has 0 saturated heterocycles. The molecule has 0 bridgehead atoms. The molecule has 0 spiro atoms. The summed E-state index contributed by atoms with van der Waals surface area (Å²) in [7, 11) is 0. The predicted molar refractivity (Wildman–Crippen MR) is 9.87 cm³/mol. The summed E-state index contributed by atoms with van der Waals surface area (Å²) in [5, 5.41) is 0. The third-order valence-corrected chi connectivity index (χ3v) is 0. The average molecular weight is 184 g/mol. The fourth-order valence-electron chi connectivity index (χ4n) is 0. The van der Waals surface area contributed by atoms with Crippen LogP contribution in [0.2, 0.25) is 0 Å². The van der Waals surface area contributed by atoms with Crippen molar-refractivity contribution in [2.75, 3.05) is 0 Å². The van der Waals surface area contributed by atoms with Crippen molar-refractivity contribution in [2.24, 2.45) is 0 Å². The summed E-state index contributed by atoms with van der Waals surface area (Å²) >= 11 is -9.95. The van der Waals surface area contributed by atoms with E-state index in [2.05, 4.69) is 0 Å². The Balaban J connectivity index is 8.86. The first-order valence-corrected chi connectivity index (χ1v) is 10.2. The Hall–Kier alpha value is 0.281. The average Bonchev–Trinajstić information content (AvgIpc) is 0.592. The summed E-state index contributed by atoms with van der Waals surface area (Å²) in [6, 6.07) is 0. The first-order chi connectivity index (χ1) is 2.45. The number of hydrogen-bond acceptors (Lipinski definition) is 6. The fraction of sp³-hybridized carbons (Fsp3) is 0. The molecule has 0 rings (SSSR count).